The predicted octanol–water partition coefficient (Wildman–Crippen LogP) is 4.25. The molecule has 28 heavy (non-hydrogen) atoms. The Labute approximate surface area is 168 Å². The van der Waals surface area contributed by atoms with Crippen molar-refractivity contribution in [3.8, 4) is 22.8 Å². The smallest absolute Gasteiger partial charge is 0.227 e. The van der Waals surface area contributed by atoms with Crippen molar-refractivity contribution in [2.75, 3.05) is 5.32 Å². The third kappa shape index (κ3) is 4.08. The van der Waals surface area contributed by atoms with Crippen LogP contribution in [-0.2, 0) is 4.79 Å². The molecule has 0 unspecified atom stereocenters. The quantitative estimate of drug-likeness (QED) is 0.615. The molecule has 6 nitrogen and oxygen atoms in total. The Morgan fingerprint density at radius 3 is 2.54 bits per heavy atom. The van der Waals surface area contributed by atoms with Crippen LogP contribution in [0.15, 0.2) is 48.5 Å². The summed E-state index contributed by atoms with van der Waals surface area (Å²) in [7, 11) is 0. The minimum atomic E-state index is -0.00280. The molecule has 144 valence electrons. The number of hydrogen-bond acceptors (Lipinski definition) is 4. The van der Waals surface area contributed by atoms with Crippen LogP contribution in [0.5, 0.6) is 0 Å². The van der Waals surface area contributed by atoms with Crippen LogP contribution in [0, 0.1) is 5.92 Å². The molecule has 4 N–H and O–H groups in total. The molecule has 1 amide bonds. The van der Waals surface area contributed by atoms with Crippen LogP contribution in [0.4, 0.5) is 5.69 Å². The molecule has 4 rings (SSSR count). The number of nitrogens with one attached hydrogen (secondary N) is 2. The molecule has 0 atom stereocenters. The van der Waals surface area contributed by atoms with Gasteiger partial charge in [0.15, 0.2) is 11.6 Å². The van der Waals surface area contributed by atoms with Crippen molar-refractivity contribution in [1.29, 1.82) is 0 Å². The standard InChI is InChI=1S/C21H22ClN5O/c22-17-12-15(20-25-19(26-27-20)13-4-2-1-3-5-13)8-11-18(17)24-21(28)14-6-9-16(23)10-7-14/h1-5,8,11-12,14,16H,6-7,9-10,23H2,(H,24,28)(H,25,26,27). The minimum absolute atomic E-state index is 0.00280. The van der Waals surface area contributed by atoms with E-state index in [2.05, 4.69) is 20.5 Å². The van der Waals surface area contributed by atoms with E-state index in [1.54, 1.807) is 12.1 Å². The molecule has 3 aromatic rings. The third-order valence-corrected chi connectivity index (χ3v) is 5.47. The Morgan fingerprint density at radius 2 is 1.82 bits per heavy atom. The molecule has 1 saturated carbocycles. The molecule has 0 radical (unpaired) electrons. The zero-order valence-electron chi connectivity index (χ0n) is 15.4. The average molecular weight is 396 g/mol. The number of aromatic amines is 1. The van der Waals surface area contributed by atoms with E-state index in [1.807, 2.05) is 36.4 Å². The lowest BCUT2D eigenvalue weighted by Gasteiger charge is -2.25. The van der Waals surface area contributed by atoms with Gasteiger partial charge in [0.1, 0.15) is 0 Å². The van der Waals surface area contributed by atoms with Gasteiger partial charge in [0.2, 0.25) is 5.91 Å². The highest BCUT2D eigenvalue weighted by Crippen LogP contribution is 2.30. The first kappa shape index (κ1) is 18.7. The van der Waals surface area contributed by atoms with Crippen LogP contribution in [-0.4, -0.2) is 27.1 Å². The van der Waals surface area contributed by atoms with Crippen molar-refractivity contribution in [3.05, 3.63) is 53.6 Å². The molecule has 2 aromatic carbocycles. The van der Waals surface area contributed by atoms with Gasteiger partial charge in [-0.05, 0) is 43.9 Å². The molecule has 1 heterocycles. The minimum Gasteiger partial charge on any atom is -0.328 e. The maximum absolute atomic E-state index is 12.5. The molecule has 1 aromatic heterocycles. The van der Waals surface area contributed by atoms with Crippen molar-refractivity contribution in [2.45, 2.75) is 31.7 Å². The summed E-state index contributed by atoms with van der Waals surface area (Å²) in [5, 5.41) is 10.6. The number of H-pyrrole nitrogens is 1. The number of aromatic nitrogens is 3. The van der Waals surface area contributed by atoms with Gasteiger partial charge in [-0.3, -0.25) is 9.89 Å². The molecule has 1 aliphatic rings. The average Bonchev–Trinajstić information content (AvgIpc) is 3.21. The highest BCUT2D eigenvalue weighted by molar-refractivity contribution is 6.34. The zero-order valence-corrected chi connectivity index (χ0v) is 16.1. The lowest BCUT2D eigenvalue weighted by molar-refractivity contribution is -0.120. The number of hydrogen-bond donors (Lipinski definition) is 3. The van der Waals surface area contributed by atoms with Gasteiger partial charge in [0, 0.05) is 23.1 Å². The van der Waals surface area contributed by atoms with Crippen molar-refractivity contribution in [1.82, 2.24) is 15.2 Å². The number of halogens is 1. The highest BCUT2D eigenvalue weighted by atomic mass is 35.5. The predicted molar refractivity (Wildman–Crippen MR) is 111 cm³/mol. The fourth-order valence-electron chi connectivity index (χ4n) is 3.49. The number of benzene rings is 2. The maximum Gasteiger partial charge on any atom is 0.227 e. The number of amides is 1. The molecule has 7 heteroatoms. The van der Waals surface area contributed by atoms with Gasteiger partial charge in [0.05, 0.1) is 10.7 Å². The lowest BCUT2D eigenvalue weighted by atomic mass is 9.86. The number of carbonyl (C=O) groups excluding carboxylic acids is 1. The fraction of sp³-hybridized carbons (Fsp3) is 0.286. The Bertz CT molecular complexity index is 964. The summed E-state index contributed by atoms with van der Waals surface area (Å²) < 4.78 is 0. The second-order valence-corrected chi connectivity index (χ2v) is 7.58. The molecule has 1 aliphatic carbocycles. The molecule has 0 saturated heterocycles. The fourth-order valence-corrected chi connectivity index (χ4v) is 3.72. The SMILES string of the molecule is NC1CCC(C(=O)Nc2ccc(-c3n[nH]c(-c4ccccc4)n3)cc2Cl)CC1. The second-order valence-electron chi connectivity index (χ2n) is 7.17. The summed E-state index contributed by atoms with van der Waals surface area (Å²) in [5.74, 6) is 1.25. The van der Waals surface area contributed by atoms with Crippen LogP contribution in [0.3, 0.4) is 0 Å². The summed E-state index contributed by atoms with van der Waals surface area (Å²) in [4.78, 5) is 17.0. The first-order chi connectivity index (χ1) is 13.6. The van der Waals surface area contributed by atoms with Crippen molar-refractivity contribution in [2.24, 2.45) is 11.7 Å². The van der Waals surface area contributed by atoms with Crippen LogP contribution < -0.4 is 11.1 Å². The Balaban J connectivity index is 1.47. The van der Waals surface area contributed by atoms with Crippen LogP contribution in [0.25, 0.3) is 22.8 Å². The summed E-state index contributed by atoms with van der Waals surface area (Å²) in [6.07, 6.45) is 3.42. The van der Waals surface area contributed by atoms with E-state index in [-0.39, 0.29) is 17.9 Å². The van der Waals surface area contributed by atoms with Gasteiger partial charge in [-0.2, -0.15) is 5.10 Å². The monoisotopic (exact) mass is 395 g/mol. The Morgan fingerprint density at radius 1 is 1.07 bits per heavy atom. The topological polar surface area (TPSA) is 96.7 Å². The Kier molecular flexibility index (Phi) is 5.41. The van der Waals surface area contributed by atoms with Gasteiger partial charge in [-0.15, -0.1) is 0 Å². The number of anilines is 1. The molecule has 0 spiro atoms. The highest BCUT2D eigenvalue weighted by Gasteiger charge is 2.25. The maximum atomic E-state index is 12.5. The van der Waals surface area contributed by atoms with E-state index in [0.29, 0.717) is 22.4 Å². The molecule has 1 fully saturated rings. The number of rotatable bonds is 4. The van der Waals surface area contributed by atoms with Crippen molar-refractivity contribution in [3.63, 3.8) is 0 Å². The summed E-state index contributed by atoms with van der Waals surface area (Å²) in [5.41, 5.74) is 8.26. The van der Waals surface area contributed by atoms with E-state index in [4.69, 9.17) is 17.3 Å². The van der Waals surface area contributed by atoms with Crippen LogP contribution in [0.1, 0.15) is 25.7 Å². The largest absolute Gasteiger partial charge is 0.328 e. The van der Waals surface area contributed by atoms with Crippen molar-refractivity contribution < 1.29 is 4.79 Å². The second kappa shape index (κ2) is 8.12. The van der Waals surface area contributed by atoms with Crippen LogP contribution in [0.2, 0.25) is 5.02 Å². The van der Waals surface area contributed by atoms with Gasteiger partial charge >= 0.3 is 0 Å². The van der Waals surface area contributed by atoms with E-state index >= 15 is 0 Å². The van der Waals surface area contributed by atoms with Gasteiger partial charge < -0.3 is 11.1 Å². The number of nitrogens with zero attached hydrogens (tertiary/aromatic N) is 2. The van der Waals surface area contributed by atoms with E-state index < -0.39 is 0 Å². The zero-order chi connectivity index (χ0) is 19.5. The molecular formula is C21H22ClN5O. The molecule has 0 bridgehead atoms. The van der Waals surface area contributed by atoms with Gasteiger partial charge in [0.25, 0.3) is 0 Å². The van der Waals surface area contributed by atoms with Gasteiger partial charge in [-0.1, -0.05) is 41.9 Å². The Hall–Kier alpha value is -2.70. The first-order valence-corrected chi connectivity index (χ1v) is 9.82. The summed E-state index contributed by atoms with van der Waals surface area (Å²) in [6.45, 7) is 0. The van der Waals surface area contributed by atoms with E-state index in [0.717, 1.165) is 36.8 Å². The summed E-state index contributed by atoms with van der Waals surface area (Å²) in [6, 6.07) is 15.4. The van der Waals surface area contributed by atoms with E-state index in [1.165, 1.54) is 0 Å². The number of nitrogens with two attached hydrogens (primary N) is 1. The lowest BCUT2D eigenvalue weighted by Crippen LogP contribution is -2.32. The molecule has 0 aliphatic heterocycles. The summed E-state index contributed by atoms with van der Waals surface area (Å²) >= 11 is 6.41. The van der Waals surface area contributed by atoms with Crippen molar-refractivity contribution >= 4 is 23.2 Å². The third-order valence-electron chi connectivity index (χ3n) is 5.16. The number of carbonyl (C=O) groups is 1. The normalized spacial score (nSPS) is 19.4. The molecular weight excluding hydrogens is 374 g/mol. The van der Waals surface area contributed by atoms with Crippen LogP contribution >= 0.6 is 11.6 Å². The first-order valence-electron chi connectivity index (χ1n) is 9.44. The van der Waals surface area contributed by atoms with Gasteiger partial charge in [-0.25, -0.2) is 4.98 Å². The van der Waals surface area contributed by atoms with E-state index in [9.17, 15) is 4.79 Å².